The Hall–Kier alpha value is -1.68. The van der Waals surface area contributed by atoms with Crippen LogP contribution in [-0.4, -0.2) is 51.1 Å². The SMILES string of the molecule is BrCCCCCn1nnc(-c2ccccc2-c2nnn(CCCCCBr)n2)n1. The van der Waals surface area contributed by atoms with Crippen molar-refractivity contribution in [3.8, 4) is 22.8 Å². The summed E-state index contributed by atoms with van der Waals surface area (Å²) in [6.07, 6.45) is 6.66. The molecule has 0 amide bonds. The molecule has 150 valence electrons. The molecular formula is C18H24Br2N8. The maximum Gasteiger partial charge on any atom is 0.205 e. The van der Waals surface area contributed by atoms with Crippen LogP contribution in [0.15, 0.2) is 24.3 Å². The molecule has 0 atom stereocenters. The number of nitrogens with zero attached hydrogens (tertiary/aromatic N) is 8. The Morgan fingerprint density at radius 1 is 0.643 bits per heavy atom. The summed E-state index contributed by atoms with van der Waals surface area (Å²) >= 11 is 6.90. The molecule has 0 aliphatic rings. The lowest BCUT2D eigenvalue weighted by atomic mass is 10.1. The molecule has 0 unspecified atom stereocenters. The molecule has 3 rings (SSSR count). The maximum atomic E-state index is 4.54. The summed E-state index contributed by atoms with van der Waals surface area (Å²) in [5.74, 6) is 1.18. The molecule has 0 saturated carbocycles. The first-order valence-corrected chi connectivity index (χ1v) is 11.8. The highest BCUT2D eigenvalue weighted by atomic mass is 79.9. The Bertz CT molecular complexity index is 778. The Balaban J connectivity index is 1.70. The second kappa shape index (κ2) is 11.4. The molecular weight excluding hydrogens is 488 g/mol. The van der Waals surface area contributed by atoms with E-state index < -0.39 is 0 Å². The van der Waals surface area contributed by atoms with Crippen LogP contribution in [0.25, 0.3) is 22.8 Å². The highest BCUT2D eigenvalue weighted by Crippen LogP contribution is 2.26. The molecule has 0 bridgehead atoms. The van der Waals surface area contributed by atoms with E-state index in [9.17, 15) is 0 Å². The third-order valence-corrected chi connectivity index (χ3v) is 5.42. The minimum Gasteiger partial charge on any atom is -0.164 e. The highest BCUT2D eigenvalue weighted by Gasteiger charge is 2.15. The Morgan fingerprint density at radius 2 is 1.11 bits per heavy atom. The summed E-state index contributed by atoms with van der Waals surface area (Å²) in [7, 11) is 0. The van der Waals surface area contributed by atoms with Gasteiger partial charge in [-0.3, -0.25) is 0 Å². The van der Waals surface area contributed by atoms with E-state index in [2.05, 4.69) is 62.7 Å². The third-order valence-electron chi connectivity index (χ3n) is 4.30. The summed E-state index contributed by atoms with van der Waals surface area (Å²) in [6.45, 7) is 1.54. The maximum absolute atomic E-state index is 4.54. The molecule has 0 aliphatic heterocycles. The summed E-state index contributed by atoms with van der Waals surface area (Å²) in [4.78, 5) is 3.32. The van der Waals surface area contributed by atoms with Gasteiger partial charge >= 0.3 is 0 Å². The summed E-state index contributed by atoms with van der Waals surface area (Å²) in [5, 5.41) is 28.0. The van der Waals surface area contributed by atoms with Crippen molar-refractivity contribution in [3.63, 3.8) is 0 Å². The lowest BCUT2D eigenvalue weighted by Crippen LogP contribution is -2.03. The quantitative estimate of drug-likeness (QED) is 0.268. The predicted molar refractivity (Wildman–Crippen MR) is 115 cm³/mol. The number of alkyl halides is 2. The van der Waals surface area contributed by atoms with Crippen molar-refractivity contribution >= 4 is 31.9 Å². The molecule has 0 aliphatic carbocycles. The molecule has 0 spiro atoms. The number of tetrazole rings is 2. The van der Waals surface area contributed by atoms with E-state index in [1.165, 1.54) is 0 Å². The molecule has 10 heteroatoms. The van der Waals surface area contributed by atoms with E-state index in [0.29, 0.717) is 11.6 Å². The van der Waals surface area contributed by atoms with Gasteiger partial charge < -0.3 is 0 Å². The predicted octanol–water partition coefficient (Wildman–Crippen LogP) is 4.12. The van der Waals surface area contributed by atoms with Crippen LogP contribution in [0, 0.1) is 0 Å². The molecule has 0 N–H and O–H groups in total. The van der Waals surface area contributed by atoms with Gasteiger partial charge in [0.1, 0.15) is 0 Å². The number of aryl methyl sites for hydroxylation is 2. The molecule has 0 saturated heterocycles. The number of unbranched alkanes of at least 4 members (excludes halogenated alkanes) is 4. The lowest BCUT2D eigenvalue weighted by Gasteiger charge is -2.02. The van der Waals surface area contributed by atoms with E-state index in [0.717, 1.165) is 73.4 Å². The first-order chi connectivity index (χ1) is 13.8. The van der Waals surface area contributed by atoms with Gasteiger partial charge in [-0.05, 0) is 36.1 Å². The number of halogens is 2. The summed E-state index contributed by atoms with van der Waals surface area (Å²) < 4.78 is 0. The third kappa shape index (κ3) is 5.91. The van der Waals surface area contributed by atoms with E-state index in [4.69, 9.17) is 0 Å². The van der Waals surface area contributed by atoms with Crippen molar-refractivity contribution in [1.82, 2.24) is 40.4 Å². The van der Waals surface area contributed by atoms with Crippen molar-refractivity contribution < 1.29 is 0 Å². The molecule has 0 fully saturated rings. The average molecular weight is 512 g/mol. The van der Waals surface area contributed by atoms with Crippen molar-refractivity contribution in [2.75, 3.05) is 10.7 Å². The van der Waals surface area contributed by atoms with Gasteiger partial charge in [0.2, 0.25) is 11.6 Å². The number of hydrogen-bond donors (Lipinski definition) is 0. The molecule has 1 aromatic carbocycles. The van der Waals surface area contributed by atoms with Gasteiger partial charge in [0.15, 0.2) is 0 Å². The Kier molecular flexibility index (Phi) is 8.53. The minimum atomic E-state index is 0.588. The van der Waals surface area contributed by atoms with Crippen molar-refractivity contribution in [2.24, 2.45) is 0 Å². The van der Waals surface area contributed by atoms with Gasteiger partial charge in [-0.1, -0.05) is 69.0 Å². The number of aromatic nitrogens is 8. The molecule has 2 aromatic heterocycles. The monoisotopic (exact) mass is 510 g/mol. The largest absolute Gasteiger partial charge is 0.205 e. The topological polar surface area (TPSA) is 87.2 Å². The van der Waals surface area contributed by atoms with Crippen molar-refractivity contribution in [2.45, 2.75) is 51.6 Å². The first-order valence-electron chi connectivity index (χ1n) is 9.59. The number of rotatable bonds is 12. The average Bonchev–Trinajstić information content (AvgIpc) is 3.38. The second-order valence-corrected chi connectivity index (χ2v) is 8.05. The lowest BCUT2D eigenvalue weighted by molar-refractivity contribution is 0.487. The van der Waals surface area contributed by atoms with E-state index in [1.807, 2.05) is 24.3 Å². The van der Waals surface area contributed by atoms with Crippen molar-refractivity contribution in [3.05, 3.63) is 24.3 Å². The van der Waals surface area contributed by atoms with Crippen LogP contribution in [0.4, 0.5) is 0 Å². The van der Waals surface area contributed by atoms with E-state index in [-0.39, 0.29) is 0 Å². The van der Waals surface area contributed by atoms with Gasteiger partial charge in [-0.25, -0.2) is 0 Å². The number of hydrogen-bond acceptors (Lipinski definition) is 6. The van der Waals surface area contributed by atoms with Gasteiger partial charge in [0, 0.05) is 21.8 Å². The number of benzene rings is 1. The molecule has 28 heavy (non-hydrogen) atoms. The molecule has 0 radical (unpaired) electrons. The Morgan fingerprint density at radius 3 is 1.54 bits per heavy atom. The van der Waals surface area contributed by atoms with Gasteiger partial charge in [-0.15, -0.1) is 20.4 Å². The zero-order chi connectivity index (χ0) is 19.6. The van der Waals surface area contributed by atoms with E-state index >= 15 is 0 Å². The van der Waals surface area contributed by atoms with Crippen molar-refractivity contribution in [1.29, 1.82) is 0 Å². The summed E-state index contributed by atoms with van der Waals surface area (Å²) in [5.41, 5.74) is 1.74. The minimum absolute atomic E-state index is 0.588. The standard InChI is InChI=1S/C18H24Br2N8/c19-11-5-1-7-13-27-23-17(21-25-27)15-9-3-4-10-16(15)18-22-26-28(24-18)14-8-2-6-12-20/h3-4,9-10H,1-2,5-8,11-14H2. The van der Waals surface area contributed by atoms with Crippen LogP contribution < -0.4 is 0 Å². The van der Waals surface area contributed by atoms with Crippen LogP contribution >= 0.6 is 31.9 Å². The Labute approximate surface area is 181 Å². The zero-order valence-electron chi connectivity index (χ0n) is 15.7. The van der Waals surface area contributed by atoms with E-state index in [1.54, 1.807) is 9.59 Å². The van der Waals surface area contributed by atoms with Gasteiger partial charge in [0.25, 0.3) is 0 Å². The molecule has 2 heterocycles. The fourth-order valence-electron chi connectivity index (χ4n) is 2.81. The van der Waals surface area contributed by atoms with Crippen LogP contribution in [-0.2, 0) is 13.1 Å². The smallest absolute Gasteiger partial charge is 0.164 e. The fourth-order valence-corrected chi connectivity index (χ4v) is 3.61. The summed E-state index contributed by atoms with van der Waals surface area (Å²) in [6, 6.07) is 7.86. The zero-order valence-corrected chi connectivity index (χ0v) is 18.9. The second-order valence-electron chi connectivity index (χ2n) is 6.46. The van der Waals surface area contributed by atoms with Crippen LogP contribution in [0.1, 0.15) is 38.5 Å². The fraction of sp³-hybridized carbons (Fsp3) is 0.556. The van der Waals surface area contributed by atoms with Gasteiger partial charge in [-0.2, -0.15) is 9.59 Å². The first kappa shape index (κ1) is 21.0. The van der Waals surface area contributed by atoms with Crippen LogP contribution in [0.3, 0.4) is 0 Å². The molecule has 3 aromatic rings. The normalized spacial score (nSPS) is 11.2. The highest BCUT2D eigenvalue weighted by molar-refractivity contribution is 9.09. The van der Waals surface area contributed by atoms with Crippen LogP contribution in [0.2, 0.25) is 0 Å². The van der Waals surface area contributed by atoms with Crippen LogP contribution in [0.5, 0.6) is 0 Å². The van der Waals surface area contributed by atoms with Gasteiger partial charge in [0.05, 0.1) is 13.1 Å². The molecule has 8 nitrogen and oxygen atoms in total.